The molecule has 0 spiro atoms. The molecule has 0 aliphatic rings. The van der Waals surface area contributed by atoms with E-state index in [1.54, 1.807) is 12.1 Å². The summed E-state index contributed by atoms with van der Waals surface area (Å²) < 4.78 is 5.57. The first kappa shape index (κ1) is 13.6. The number of hydrogen-bond donors (Lipinski definition) is 1. The summed E-state index contributed by atoms with van der Waals surface area (Å²) in [4.78, 5) is 1.46. The molecule has 0 unspecified atom stereocenters. The zero-order valence-corrected chi connectivity index (χ0v) is 11.2. The fourth-order valence-electron chi connectivity index (χ4n) is 1.36. The number of hydrogen-bond acceptors (Lipinski definition) is 1. The second kappa shape index (κ2) is 7.00. The predicted molar refractivity (Wildman–Crippen MR) is 68.9 cm³/mol. The molecule has 0 atom stereocenters. The Bertz CT molecular complexity index is 329. The maximum Gasteiger partial charge on any atom is 0.137 e. The van der Waals surface area contributed by atoms with Crippen LogP contribution in [0.15, 0.2) is 18.2 Å². The third-order valence-electron chi connectivity index (χ3n) is 2.22. The first-order chi connectivity index (χ1) is 7.59. The Balaban J connectivity index is 2.27. The molecule has 90 valence electrons. The Morgan fingerprint density at radius 1 is 1.19 bits per heavy atom. The summed E-state index contributed by atoms with van der Waals surface area (Å²) in [6.45, 7) is 1.87. The van der Waals surface area contributed by atoms with Gasteiger partial charge in [-0.2, -0.15) is 0 Å². The van der Waals surface area contributed by atoms with Crippen molar-refractivity contribution in [2.24, 2.45) is 0 Å². The van der Waals surface area contributed by atoms with Crippen LogP contribution in [0.5, 0.6) is 5.75 Å². The largest absolute Gasteiger partial charge is 0.492 e. The van der Waals surface area contributed by atoms with Crippen molar-refractivity contribution in [1.29, 1.82) is 0 Å². The Labute approximate surface area is 107 Å². The van der Waals surface area contributed by atoms with Gasteiger partial charge in [-0.15, -0.1) is 0 Å². The van der Waals surface area contributed by atoms with Gasteiger partial charge in [0.1, 0.15) is 5.75 Å². The van der Waals surface area contributed by atoms with Crippen molar-refractivity contribution in [1.82, 2.24) is 0 Å². The van der Waals surface area contributed by atoms with E-state index in [0.29, 0.717) is 22.4 Å². The minimum absolute atomic E-state index is 0.575. The van der Waals surface area contributed by atoms with E-state index in [2.05, 4.69) is 14.1 Å². The first-order valence-electron chi connectivity index (χ1n) is 5.46. The zero-order chi connectivity index (χ0) is 12.0. The van der Waals surface area contributed by atoms with Gasteiger partial charge in [0.2, 0.25) is 0 Å². The molecule has 0 saturated carbocycles. The molecule has 0 aliphatic heterocycles. The molecule has 0 amide bonds. The maximum atomic E-state index is 5.98. The van der Waals surface area contributed by atoms with E-state index in [0.717, 1.165) is 19.4 Å². The summed E-state index contributed by atoms with van der Waals surface area (Å²) in [6.07, 6.45) is 2.21. The fraction of sp³-hybridized carbons (Fsp3) is 0.500. The number of unbranched alkanes of at least 4 members (excludes halogenated alkanes) is 1. The van der Waals surface area contributed by atoms with Crippen molar-refractivity contribution >= 4 is 23.2 Å². The fourth-order valence-corrected chi connectivity index (χ4v) is 1.82. The lowest BCUT2D eigenvalue weighted by Gasteiger charge is -2.09. The highest BCUT2D eigenvalue weighted by Gasteiger charge is 2.02. The molecular weight excluding hydrogens is 245 g/mol. The van der Waals surface area contributed by atoms with Crippen LogP contribution in [-0.2, 0) is 0 Å². The first-order valence-corrected chi connectivity index (χ1v) is 6.22. The summed E-state index contributed by atoms with van der Waals surface area (Å²) in [6, 6.07) is 5.29. The number of halogens is 2. The van der Waals surface area contributed by atoms with Crippen molar-refractivity contribution in [3.63, 3.8) is 0 Å². The van der Waals surface area contributed by atoms with Crippen LogP contribution in [0.1, 0.15) is 12.8 Å². The van der Waals surface area contributed by atoms with Crippen molar-refractivity contribution in [2.45, 2.75) is 12.8 Å². The van der Waals surface area contributed by atoms with E-state index in [-0.39, 0.29) is 0 Å². The van der Waals surface area contributed by atoms with Gasteiger partial charge in [-0.1, -0.05) is 23.2 Å². The lowest BCUT2D eigenvalue weighted by molar-refractivity contribution is -0.858. The molecule has 2 nitrogen and oxygen atoms in total. The van der Waals surface area contributed by atoms with Crippen LogP contribution in [0, 0.1) is 0 Å². The highest BCUT2D eigenvalue weighted by molar-refractivity contribution is 6.35. The van der Waals surface area contributed by atoms with Gasteiger partial charge < -0.3 is 9.64 Å². The molecule has 0 saturated heterocycles. The molecule has 1 aromatic rings. The SMILES string of the molecule is C[NH+](C)CCCCOc1ccc(Cl)cc1Cl. The van der Waals surface area contributed by atoms with Gasteiger partial charge in [-0.25, -0.2) is 0 Å². The number of nitrogens with one attached hydrogen (secondary N) is 1. The molecule has 1 aromatic carbocycles. The predicted octanol–water partition coefficient (Wildman–Crippen LogP) is 2.30. The lowest BCUT2D eigenvalue weighted by atomic mass is 10.3. The highest BCUT2D eigenvalue weighted by Crippen LogP contribution is 2.27. The van der Waals surface area contributed by atoms with E-state index in [4.69, 9.17) is 27.9 Å². The molecule has 4 heteroatoms. The van der Waals surface area contributed by atoms with Gasteiger partial charge in [0.05, 0.1) is 32.3 Å². The molecule has 0 radical (unpaired) electrons. The van der Waals surface area contributed by atoms with Crippen LogP contribution in [0.3, 0.4) is 0 Å². The normalized spacial score (nSPS) is 10.8. The number of ether oxygens (including phenoxy) is 1. The van der Waals surface area contributed by atoms with Gasteiger partial charge in [0, 0.05) is 5.02 Å². The molecule has 1 rings (SSSR count). The number of rotatable bonds is 6. The van der Waals surface area contributed by atoms with Crippen LogP contribution in [-0.4, -0.2) is 27.2 Å². The Morgan fingerprint density at radius 3 is 2.56 bits per heavy atom. The van der Waals surface area contributed by atoms with Gasteiger partial charge in [0.15, 0.2) is 0 Å². The van der Waals surface area contributed by atoms with Gasteiger partial charge >= 0.3 is 0 Å². The minimum Gasteiger partial charge on any atom is -0.492 e. The van der Waals surface area contributed by atoms with Crippen LogP contribution in [0.4, 0.5) is 0 Å². The number of quaternary nitrogens is 1. The second-order valence-electron chi connectivity index (χ2n) is 4.09. The number of benzene rings is 1. The molecule has 0 fully saturated rings. The zero-order valence-electron chi connectivity index (χ0n) is 9.72. The Hall–Kier alpha value is -0.440. The van der Waals surface area contributed by atoms with Gasteiger partial charge in [0.25, 0.3) is 0 Å². The van der Waals surface area contributed by atoms with Crippen LogP contribution in [0.25, 0.3) is 0 Å². The minimum atomic E-state index is 0.575. The smallest absolute Gasteiger partial charge is 0.137 e. The monoisotopic (exact) mass is 262 g/mol. The molecule has 0 bridgehead atoms. The van der Waals surface area contributed by atoms with Crippen LogP contribution >= 0.6 is 23.2 Å². The molecular formula is C12H18Cl2NO+. The molecule has 0 aliphatic carbocycles. The van der Waals surface area contributed by atoms with Crippen molar-refractivity contribution in [3.05, 3.63) is 28.2 Å². The molecule has 0 aromatic heterocycles. The van der Waals surface area contributed by atoms with E-state index in [1.807, 2.05) is 6.07 Å². The summed E-state index contributed by atoms with van der Waals surface area (Å²) in [5, 5.41) is 1.21. The van der Waals surface area contributed by atoms with E-state index >= 15 is 0 Å². The summed E-state index contributed by atoms with van der Waals surface area (Å²) in [5.74, 6) is 0.711. The molecule has 16 heavy (non-hydrogen) atoms. The van der Waals surface area contributed by atoms with Crippen LogP contribution in [0.2, 0.25) is 10.0 Å². The molecule has 0 heterocycles. The third kappa shape index (κ3) is 5.06. The maximum absolute atomic E-state index is 5.98. The topological polar surface area (TPSA) is 13.7 Å². The lowest BCUT2D eigenvalue weighted by Crippen LogP contribution is -3.05. The van der Waals surface area contributed by atoms with Crippen molar-refractivity contribution in [3.8, 4) is 5.75 Å². The third-order valence-corrected chi connectivity index (χ3v) is 2.75. The Kier molecular flexibility index (Phi) is 5.96. The van der Waals surface area contributed by atoms with Crippen LogP contribution < -0.4 is 9.64 Å². The summed E-state index contributed by atoms with van der Waals surface area (Å²) in [5.41, 5.74) is 0. The molecule has 1 N–H and O–H groups in total. The second-order valence-corrected chi connectivity index (χ2v) is 4.93. The van der Waals surface area contributed by atoms with Crippen molar-refractivity contribution in [2.75, 3.05) is 27.2 Å². The standard InChI is InChI=1S/C12H17Cl2NO/c1-15(2)7-3-4-8-16-12-6-5-10(13)9-11(12)14/h5-6,9H,3-4,7-8H2,1-2H3/p+1. The van der Waals surface area contributed by atoms with Gasteiger partial charge in [-0.05, 0) is 31.0 Å². The average Bonchev–Trinajstić information content (AvgIpc) is 2.20. The van der Waals surface area contributed by atoms with E-state index < -0.39 is 0 Å². The highest BCUT2D eigenvalue weighted by atomic mass is 35.5. The Morgan fingerprint density at radius 2 is 1.94 bits per heavy atom. The van der Waals surface area contributed by atoms with E-state index in [9.17, 15) is 0 Å². The summed E-state index contributed by atoms with van der Waals surface area (Å²) in [7, 11) is 4.30. The van der Waals surface area contributed by atoms with Crippen molar-refractivity contribution < 1.29 is 9.64 Å². The summed E-state index contributed by atoms with van der Waals surface area (Å²) >= 11 is 11.8. The quantitative estimate of drug-likeness (QED) is 0.777. The van der Waals surface area contributed by atoms with Gasteiger partial charge in [-0.3, -0.25) is 0 Å². The average molecular weight is 263 g/mol. The van der Waals surface area contributed by atoms with E-state index in [1.165, 1.54) is 4.90 Å².